The molecule has 4 heteroatoms. The number of nitrogens with one attached hydrogen (secondary N) is 1. The number of hydrogen-bond acceptors (Lipinski definition) is 4. The molecular weight excluding hydrogens is 220 g/mol. The van der Waals surface area contributed by atoms with Crippen molar-refractivity contribution in [3.63, 3.8) is 0 Å². The van der Waals surface area contributed by atoms with E-state index < -0.39 is 0 Å². The average Bonchev–Trinajstić information content (AvgIpc) is 2.28. The molecule has 1 saturated heterocycles. The van der Waals surface area contributed by atoms with Crippen LogP contribution >= 0.6 is 11.8 Å². The Bertz CT molecular complexity index is 192. The van der Waals surface area contributed by atoms with E-state index in [4.69, 9.17) is 4.74 Å². The zero-order valence-electron chi connectivity index (χ0n) is 11.0. The molecule has 0 aliphatic carbocycles. The summed E-state index contributed by atoms with van der Waals surface area (Å²) < 4.78 is 5.35. The van der Waals surface area contributed by atoms with Crippen molar-refractivity contribution < 1.29 is 4.74 Å². The number of likely N-dealkylation sites (N-methyl/N-ethyl adjacent to an activating group) is 1. The maximum absolute atomic E-state index is 5.35. The molecule has 16 heavy (non-hydrogen) atoms. The largest absolute Gasteiger partial charge is 0.383 e. The van der Waals surface area contributed by atoms with Gasteiger partial charge in [-0.2, -0.15) is 11.8 Å². The fourth-order valence-corrected chi connectivity index (χ4v) is 3.37. The standard InChI is InChI=1S/C12H26N2OS/c1-5-13-8-12(9-15-4)14-6-7-16-11(3)10(14)2/h10-13H,5-9H2,1-4H3. The van der Waals surface area contributed by atoms with Crippen LogP contribution < -0.4 is 5.32 Å². The summed E-state index contributed by atoms with van der Waals surface area (Å²) in [6, 6.07) is 1.17. The van der Waals surface area contributed by atoms with Crippen LogP contribution in [0.4, 0.5) is 0 Å². The van der Waals surface area contributed by atoms with E-state index in [0.29, 0.717) is 12.1 Å². The van der Waals surface area contributed by atoms with E-state index in [0.717, 1.165) is 24.9 Å². The molecule has 0 aromatic carbocycles. The zero-order chi connectivity index (χ0) is 12.0. The average molecular weight is 246 g/mol. The molecule has 1 aliphatic rings. The highest BCUT2D eigenvalue weighted by atomic mass is 32.2. The summed E-state index contributed by atoms with van der Waals surface area (Å²) >= 11 is 2.09. The first kappa shape index (κ1) is 14.3. The van der Waals surface area contributed by atoms with E-state index >= 15 is 0 Å². The van der Waals surface area contributed by atoms with Crippen LogP contribution in [-0.4, -0.2) is 61.3 Å². The van der Waals surface area contributed by atoms with Crippen molar-refractivity contribution in [3.8, 4) is 0 Å². The normalized spacial score (nSPS) is 29.2. The van der Waals surface area contributed by atoms with Crippen molar-refractivity contribution in [3.05, 3.63) is 0 Å². The molecule has 0 aromatic heterocycles. The summed E-state index contributed by atoms with van der Waals surface area (Å²) in [5.41, 5.74) is 0. The van der Waals surface area contributed by atoms with Crippen molar-refractivity contribution in [2.24, 2.45) is 0 Å². The van der Waals surface area contributed by atoms with Gasteiger partial charge < -0.3 is 10.1 Å². The smallest absolute Gasteiger partial charge is 0.0630 e. The third kappa shape index (κ3) is 3.91. The minimum atomic E-state index is 0.517. The Morgan fingerprint density at radius 2 is 2.25 bits per heavy atom. The lowest BCUT2D eigenvalue weighted by Gasteiger charge is -2.42. The van der Waals surface area contributed by atoms with Gasteiger partial charge in [0.25, 0.3) is 0 Å². The fraction of sp³-hybridized carbons (Fsp3) is 1.00. The minimum Gasteiger partial charge on any atom is -0.383 e. The van der Waals surface area contributed by atoms with Crippen LogP contribution in [0.15, 0.2) is 0 Å². The quantitative estimate of drug-likeness (QED) is 0.766. The first-order valence-electron chi connectivity index (χ1n) is 6.27. The van der Waals surface area contributed by atoms with Crippen LogP contribution in [0.3, 0.4) is 0 Å². The Hall–Kier alpha value is 0.230. The van der Waals surface area contributed by atoms with E-state index in [1.54, 1.807) is 7.11 Å². The van der Waals surface area contributed by atoms with E-state index in [2.05, 4.69) is 42.7 Å². The van der Waals surface area contributed by atoms with Crippen molar-refractivity contribution in [2.75, 3.05) is 39.1 Å². The third-order valence-corrected chi connectivity index (χ3v) is 4.73. The Morgan fingerprint density at radius 3 is 2.88 bits per heavy atom. The lowest BCUT2D eigenvalue weighted by atomic mass is 10.1. The Balaban J connectivity index is 2.53. The Labute approximate surface area is 104 Å². The molecule has 0 amide bonds. The van der Waals surface area contributed by atoms with Crippen LogP contribution in [0.25, 0.3) is 0 Å². The number of thioether (sulfide) groups is 1. The van der Waals surface area contributed by atoms with Gasteiger partial charge in [0.05, 0.1) is 6.61 Å². The predicted octanol–water partition coefficient (Wildman–Crippen LogP) is 1.44. The van der Waals surface area contributed by atoms with Gasteiger partial charge in [-0.05, 0) is 13.5 Å². The van der Waals surface area contributed by atoms with Crippen molar-refractivity contribution in [1.29, 1.82) is 0 Å². The van der Waals surface area contributed by atoms with Gasteiger partial charge in [-0.15, -0.1) is 0 Å². The molecular formula is C12H26N2OS. The number of nitrogens with zero attached hydrogens (tertiary/aromatic N) is 1. The summed E-state index contributed by atoms with van der Waals surface area (Å²) in [5, 5.41) is 4.17. The molecule has 1 rings (SSSR count). The van der Waals surface area contributed by atoms with Gasteiger partial charge in [0.1, 0.15) is 0 Å². The van der Waals surface area contributed by atoms with Crippen LogP contribution in [-0.2, 0) is 4.74 Å². The molecule has 96 valence electrons. The zero-order valence-corrected chi connectivity index (χ0v) is 11.8. The van der Waals surface area contributed by atoms with Gasteiger partial charge in [0, 0.05) is 43.3 Å². The summed E-state index contributed by atoms with van der Waals surface area (Å²) in [4.78, 5) is 2.60. The first-order valence-corrected chi connectivity index (χ1v) is 7.32. The van der Waals surface area contributed by atoms with Crippen molar-refractivity contribution in [2.45, 2.75) is 38.1 Å². The highest BCUT2D eigenvalue weighted by molar-refractivity contribution is 8.00. The third-order valence-electron chi connectivity index (χ3n) is 3.39. The summed E-state index contributed by atoms with van der Waals surface area (Å²) in [5.74, 6) is 1.25. The second-order valence-corrected chi connectivity index (χ2v) is 5.96. The first-order chi connectivity index (χ1) is 7.70. The fourth-order valence-electron chi connectivity index (χ4n) is 2.25. The van der Waals surface area contributed by atoms with Crippen LogP contribution in [0.1, 0.15) is 20.8 Å². The van der Waals surface area contributed by atoms with Gasteiger partial charge in [-0.3, -0.25) is 4.90 Å². The van der Waals surface area contributed by atoms with Crippen LogP contribution in [0.2, 0.25) is 0 Å². The molecule has 0 bridgehead atoms. The maximum atomic E-state index is 5.35. The number of methoxy groups -OCH3 is 1. The molecule has 3 atom stereocenters. The SMILES string of the molecule is CCNCC(COC)N1CCSC(C)C1C. The van der Waals surface area contributed by atoms with E-state index in [1.165, 1.54) is 12.3 Å². The maximum Gasteiger partial charge on any atom is 0.0630 e. The van der Waals surface area contributed by atoms with E-state index in [9.17, 15) is 0 Å². The van der Waals surface area contributed by atoms with Crippen molar-refractivity contribution >= 4 is 11.8 Å². The molecule has 0 saturated carbocycles. The number of rotatable bonds is 6. The highest BCUT2D eigenvalue weighted by Gasteiger charge is 2.30. The molecule has 0 aromatic rings. The van der Waals surface area contributed by atoms with Crippen LogP contribution in [0.5, 0.6) is 0 Å². The highest BCUT2D eigenvalue weighted by Crippen LogP contribution is 2.25. The Morgan fingerprint density at radius 1 is 1.50 bits per heavy atom. The number of ether oxygens (including phenoxy) is 1. The lowest BCUT2D eigenvalue weighted by Crippen LogP contribution is -2.54. The topological polar surface area (TPSA) is 24.5 Å². The molecule has 3 nitrogen and oxygen atoms in total. The summed E-state index contributed by atoms with van der Waals surface area (Å²) in [7, 11) is 1.80. The van der Waals surface area contributed by atoms with Gasteiger partial charge >= 0.3 is 0 Å². The molecule has 1 aliphatic heterocycles. The van der Waals surface area contributed by atoms with Gasteiger partial charge in [-0.25, -0.2) is 0 Å². The molecule has 3 unspecified atom stereocenters. The second kappa shape index (κ2) is 7.54. The lowest BCUT2D eigenvalue weighted by molar-refractivity contribution is 0.0670. The van der Waals surface area contributed by atoms with E-state index in [1.807, 2.05) is 0 Å². The molecule has 0 radical (unpaired) electrons. The minimum absolute atomic E-state index is 0.517. The van der Waals surface area contributed by atoms with Crippen molar-refractivity contribution in [1.82, 2.24) is 10.2 Å². The van der Waals surface area contributed by atoms with Gasteiger partial charge in [-0.1, -0.05) is 13.8 Å². The van der Waals surface area contributed by atoms with Gasteiger partial charge in [0.15, 0.2) is 0 Å². The van der Waals surface area contributed by atoms with Gasteiger partial charge in [0.2, 0.25) is 0 Å². The molecule has 0 spiro atoms. The molecule has 1 heterocycles. The van der Waals surface area contributed by atoms with Crippen LogP contribution in [0, 0.1) is 0 Å². The molecule has 1 fully saturated rings. The Kier molecular flexibility index (Phi) is 6.73. The predicted molar refractivity (Wildman–Crippen MR) is 72.3 cm³/mol. The molecule has 1 N–H and O–H groups in total. The summed E-state index contributed by atoms with van der Waals surface area (Å²) in [6.07, 6.45) is 0. The van der Waals surface area contributed by atoms with E-state index in [-0.39, 0.29) is 0 Å². The second-order valence-electron chi connectivity index (χ2n) is 4.47. The summed E-state index contributed by atoms with van der Waals surface area (Å²) in [6.45, 7) is 10.9. The number of hydrogen-bond donors (Lipinski definition) is 1. The monoisotopic (exact) mass is 246 g/mol.